The van der Waals surface area contributed by atoms with E-state index in [1.165, 1.54) is 55.4 Å². The predicted octanol–water partition coefficient (Wildman–Crippen LogP) is 0.933. The average Bonchev–Trinajstić information content (AvgIpc) is 2.60. The van der Waals surface area contributed by atoms with Gasteiger partial charge in [0.2, 0.25) is 15.9 Å². The summed E-state index contributed by atoms with van der Waals surface area (Å²) in [5.74, 6) is 0.0654. The number of rotatable bonds is 5. The number of ether oxygens (including phenoxy) is 2. The van der Waals surface area contributed by atoms with Gasteiger partial charge in [-0.1, -0.05) is 0 Å². The number of nitrogens with zero attached hydrogens (tertiary/aromatic N) is 1. The fourth-order valence-corrected chi connectivity index (χ4v) is 5.22. The monoisotopic (exact) mass is 388 g/mol. The number of methoxy groups -OCH3 is 2. The first kappa shape index (κ1) is 19.5. The third-order valence-electron chi connectivity index (χ3n) is 3.61. The maximum absolute atomic E-state index is 12.9. The van der Waals surface area contributed by atoms with Crippen LogP contribution in [0.2, 0.25) is 0 Å². The number of thioether (sulfide) groups is 1. The molecule has 8 nitrogen and oxygen atoms in total. The molecule has 1 amide bonds. The van der Waals surface area contributed by atoms with Crippen LogP contribution in [0.3, 0.4) is 0 Å². The number of esters is 1. The minimum Gasteiger partial charge on any atom is -0.495 e. The van der Waals surface area contributed by atoms with Crippen molar-refractivity contribution in [1.29, 1.82) is 0 Å². The molecule has 1 atom stereocenters. The predicted molar refractivity (Wildman–Crippen MR) is 94.3 cm³/mol. The van der Waals surface area contributed by atoms with E-state index in [-0.39, 0.29) is 23.0 Å². The Kier molecular flexibility index (Phi) is 6.31. The topological polar surface area (TPSA) is 102 Å². The van der Waals surface area contributed by atoms with Gasteiger partial charge in [-0.15, -0.1) is 11.8 Å². The zero-order valence-corrected chi connectivity index (χ0v) is 15.8. The molecule has 0 unspecified atom stereocenters. The molecule has 1 saturated heterocycles. The Balaban J connectivity index is 2.32. The van der Waals surface area contributed by atoms with Crippen molar-refractivity contribution in [3.8, 4) is 5.75 Å². The first-order chi connectivity index (χ1) is 11.8. The van der Waals surface area contributed by atoms with E-state index in [0.717, 1.165) is 0 Å². The molecular formula is C15H20N2O6S2. The first-order valence-electron chi connectivity index (χ1n) is 7.44. The second-order valence-electron chi connectivity index (χ2n) is 5.29. The van der Waals surface area contributed by atoms with Crippen molar-refractivity contribution in [2.24, 2.45) is 0 Å². The van der Waals surface area contributed by atoms with Gasteiger partial charge in [0.15, 0.2) is 0 Å². The van der Waals surface area contributed by atoms with Crippen LogP contribution in [-0.2, 0) is 24.3 Å². The lowest BCUT2D eigenvalue weighted by Gasteiger charge is -2.30. The Hall–Kier alpha value is -1.78. The van der Waals surface area contributed by atoms with E-state index < -0.39 is 21.2 Å². The van der Waals surface area contributed by atoms with E-state index in [1.807, 2.05) is 0 Å². The quantitative estimate of drug-likeness (QED) is 0.749. The summed E-state index contributed by atoms with van der Waals surface area (Å²) < 4.78 is 36.9. The molecule has 1 heterocycles. The SMILES string of the molecule is COC(=O)[C@@H]1CN(S(=O)(=O)c2ccc(OC)c(NC(C)=O)c2)CCS1. The number of anilines is 1. The van der Waals surface area contributed by atoms with E-state index in [9.17, 15) is 18.0 Å². The summed E-state index contributed by atoms with van der Waals surface area (Å²) in [5, 5.41) is 2.00. The molecule has 1 aromatic carbocycles. The lowest BCUT2D eigenvalue weighted by Crippen LogP contribution is -2.44. The lowest BCUT2D eigenvalue weighted by atomic mass is 10.3. The van der Waals surface area contributed by atoms with Gasteiger partial charge in [-0.3, -0.25) is 9.59 Å². The highest BCUT2D eigenvalue weighted by Gasteiger charge is 2.34. The van der Waals surface area contributed by atoms with Crippen LogP contribution < -0.4 is 10.1 Å². The number of nitrogens with one attached hydrogen (secondary N) is 1. The van der Waals surface area contributed by atoms with Crippen molar-refractivity contribution in [2.45, 2.75) is 17.1 Å². The summed E-state index contributed by atoms with van der Waals surface area (Å²) in [7, 11) is -1.11. The molecule has 138 valence electrons. The maximum atomic E-state index is 12.9. The highest BCUT2D eigenvalue weighted by atomic mass is 32.2. The second kappa shape index (κ2) is 8.07. The average molecular weight is 388 g/mol. The largest absolute Gasteiger partial charge is 0.495 e. The van der Waals surface area contributed by atoms with Crippen molar-refractivity contribution < 1.29 is 27.5 Å². The number of benzene rings is 1. The van der Waals surface area contributed by atoms with Crippen molar-refractivity contribution in [3.63, 3.8) is 0 Å². The second-order valence-corrected chi connectivity index (χ2v) is 8.54. The number of amides is 1. The fraction of sp³-hybridized carbons (Fsp3) is 0.467. The molecule has 0 spiro atoms. The van der Waals surface area contributed by atoms with Gasteiger partial charge in [0.05, 0.1) is 24.8 Å². The van der Waals surface area contributed by atoms with Gasteiger partial charge < -0.3 is 14.8 Å². The third kappa shape index (κ3) is 4.44. The van der Waals surface area contributed by atoms with Gasteiger partial charge in [0, 0.05) is 25.8 Å². The molecule has 25 heavy (non-hydrogen) atoms. The Labute approximate surface area is 150 Å². The Morgan fingerprint density at radius 3 is 2.64 bits per heavy atom. The minimum atomic E-state index is -3.81. The fourth-order valence-electron chi connectivity index (χ4n) is 2.40. The number of carbonyl (C=O) groups excluding carboxylic acids is 2. The molecule has 10 heteroatoms. The molecule has 1 aliphatic heterocycles. The van der Waals surface area contributed by atoms with Gasteiger partial charge in [-0.2, -0.15) is 4.31 Å². The van der Waals surface area contributed by atoms with Crippen LogP contribution in [0.5, 0.6) is 5.75 Å². The number of hydrogen-bond acceptors (Lipinski definition) is 7. The standard InChI is InChI=1S/C15H20N2O6S2/c1-10(18)16-12-8-11(4-5-13(12)22-2)25(20,21)17-6-7-24-14(9-17)15(19)23-3/h4-5,8,14H,6-7,9H2,1-3H3,(H,16,18)/t14-/m0/s1. The highest BCUT2D eigenvalue weighted by molar-refractivity contribution is 8.00. The van der Waals surface area contributed by atoms with E-state index >= 15 is 0 Å². The van der Waals surface area contributed by atoms with Gasteiger partial charge >= 0.3 is 5.97 Å². The highest BCUT2D eigenvalue weighted by Crippen LogP contribution is 2.31. The number of sulfonamides is 1. The Bertz CT molecular complexity index is 765. The van der Waals surface area contributed by atoms with E-state index in [4.69, 9.17) is 9.47 Å². The molecule has 1 aromatic rings. The summed E-state index contributed by atoms with van der Waals surface area (Å²) in [4.78, 5) is 23.0. The van der Waals surface area contributed by atoms with Gasteiger partial charge in [0.25, 0.3) is 0 Å². The molecule has 0 aromatic heterocycles. The Morgan fingerprint density at radius 2 is 2.04 bits per heavy atom. The number of carbonyl (C=O) groups is 2. The van der Waals surface area contributed by atoms with Crippen LogP contribution in [0.4, 0.5) is 5.69 Å². The van der Waals surface area contributed by atoms with Crippen molar-refractivity contribution >= 4 is 39.3 Å². The van der Waals surface area contributed by atoms with E-state index in [1.54, 1.807) is 0 Å². The zero-order valence-electron chi connectivity index (χ0n) is 14.1. The molecule has 0 aliphatic carbocycles. The molecule has 0 bridgehead atoms. The van der Waals surface area contributed by atoms with Crippen LogP contribution in [0.25, 0.3) is 0 Å². The molecule has 0 radical (unpaired) electrons. The number of hydrogen-bond donors (Lipinski definition) is 1. The molecule has 2 rings (SSSR count). The van der Waals surface area contributed by atoms with Crippen molar-refractivity contribution in [1.82, 2.24) is 4.31 Å². The van der Waals surface area contributed by atoms with Crippen molar-refractivity contribution in [2.75, 3.05) is 38.4 Å². The van der Waals surface area contributed by atoms with E-state index in [0.29, 0.717) is 18.0 Å². The molecule has 0 saturated carbocycles. The smallest absolute Gasteiger partial charge is 0.320 e. The molecule has 1 N–H and O–H groups in total. The normalized spacial score (nSPS) is 18.4. The summed E-state index contributed by atoms with van der Waals surface area (Å²) in [5.41, 5.74) is 0.270. The molecule has 1 aliphatic rings. The lowest BCUT2D eigenvalue weighted by molar-refractivity contribution is -0.140. The van der Waals surface area contributed by atoms with Crippen LogP contribution in [-0.4, -0.2) is 62.9 Å². The summed E-state index contributed by atoms with van der Waals surface area (Å²) in [6.45, 7) is 1.66. The van der Waals surface area contributed by atoms with E-state index in [2.05, 4.69) is 5.32 Å². The zero-order chi connectivity index (χ0) is 18.6. The Morgan fingerprint density at radius 1 is 1.32 bits per heavy atom. The summed E-state index contributed by atoms with van der Waals surface area (Å²) in [6.07, 6.45) is 0. The maximum Gasteiger partial charge on any atom is 0.320 e. The van der Waals surface area contributed by atoms with Crippen LogP contribution in [0.1, 0.15) is 6.92 Å². The first-order valence-corrected chi connectivity index (χ1v) is 9.93. The van der Waals surface area contributed by atoms with Crippen LogP contribution >= 0.6 is 11.8 Å². The summed E-state index contributed by atoms with van der Waals surface area (Å²) in [6, 6.07) is 4.24. The molecular weight excluding hydrogens is 368 g/mol. The van der Waals surface area contributed by atoms with Gasteiger partial charge in [-0.05, 0) is 18.2 Å². The summed E-state index contributed by atoms with van der Waals surface area (Å²) >= 11 is 1.37. The van der Waals surface area contributed by atoms with Crippen LogP contribution in [0.15, 0.2) is 23.1 Å². The van der Waals surface area contributed by atoms with Crippen LogP contribution in [0, 0.1) is 0 Å². The van der Waals surface area contributed by atoms with Gasteiger partial charge in [0.1, 0.15) is 11.0 Å². The van der Waals surface area contributed by atoms with Crippen molar-refractivity contribution in [3.05, 3.63) is 18.2 Å². The molecule has 1 fully saturated rings. The third-order valence-corrected chi connectivity index (χ3v) is 6.64. The van der Waals surface area contributed by atoms with Gasteiger partial charge in [-0.25, -0.2) is 8.42 Å². The minimum absolute atomic E-state index is 0.0209.